The Morgan fingerprint density at radius 3 is 2.32 bits per heavy atom. The first-order valence-corrected chi connectivity index (χ1v) is 7.00. The van der Waals surface area contributed by atoms with Crippen molar-refractivity contribution in [3.05, 3.63) is 71.5 Å². The average Bonchev–Trinajstić information content (AvgIpc) is 2.90. The number of hydrogen-bond donors (Lipinski definition) is 2. The second-order valence-corrected chi connectivity index (χ2v) is 5.27. The fourth-order valence-electron chi connectivity index (χ4n) is 2.30. The lowest BCUT2D eigenvalue weighted by atomic mass is 10.1. The van der Waals surface area contributed by atoms with Crippen LogP contribution in [0.2, 0.25) is 5.02 Å². The van der Waals surface area contributed by atoms with Crippen LogP contribution < -0.4 is 5.73 Å². The minimum atomic E-state index is -0.949. The smallest absolute Gasteiger partial charge is 0.335 e. The first-order chi connectivity index (χ1) is 10.6. The van der Waals surface area contributed by atoms with E-state index in [1.54, 1.807) is 30.5 Å². The molecule has 5 heteroatoms. The summed E-state index contributed by atoms with van der Waals surface area (Å²) in [5.74, 6) is -0.949. The van der Waals surface area contributed by atoms with E-state index in [1.165, 1.54) is 0 Å². The zero-order chi connectivity index (χ0) is 15.7. The lowest BCUT2D eigenvalue weighted by Gasteiger charge is -2.04. The fourth-order valence-corrected chi connectivity index (χ4v) is 2.54. The number of carboxylic acids is 1. The van der Waals surface area contributed by atoms with Crippen LogP contribution in [0.15, 0.2) is 60.9 Å². The van der Waals surface area contributed by atoms with E-state index in [2.05, 4.69) is 0 Å². The van der Waals surface area contributed by atoms with Crippen LogP contribution in [-0.2, 0) is 0 Å². The van der Waals surface area contributed by atoms with Gasteiger partial charge in [-0.2, -0.15) is 0 Å². The number of aromatic carboxylic acids is 1. The summed E-state index contributed by atoms with van der Waals surface area (Å²) in [6.45, 7) is 0. The molecule has 3 aromatic rings. The maximum absolute atomic E-state index is 10.9. The summed E-state index contributed by atoms with van der Waals surface area (Å²) in [4.78, 5) is 10.9. The van der Waals surface area contributed by atoms with E-state index in [0.29, 0.717) is 10.7 Å². The van der Waals surface area contributed by atoms with Gasteiger partial charge in [0.05, 0.1) is 11.3 Å². The van der Waals surface area contributed by atoms with Crippen molar-refractivity contribution in [2.24, 2.45) is 0 Å². The third kappa shape index (κ3) is 2.56. The van der Waals surface area contributed by atoms with Gasteiger partial charge in [-0.05, 0) is 30.3 Å². The van der Waals surface area contributed by atoms with Crippen LogP contribution in [0.4, 0.5) is 5.69 Å². The molecule has 1 aromatic heterocycles. The Hall–Kier alpha value is -2.72. The third-order valence-electron chi connectivity index (χ3n) is 3.43. The van der Waals surface area contributed by atoms with Crippen molar-refractivity contribution >= 4 is 23.3 Å². The highest BCUT2D eigenvalue weighted by atomic mass is 35.5. The molecular weight excluding hydrogens is 300 g/mol. The molecule has 0 bridgehead atoms. The number of nitrogen functional groups attached to an aromatic ring is 1. The molecule has 0 spiro atoms. The van der Waals surface area contributed by atoms with E-state index in [1.807, 2.05) is 35.0 Å². The Labute approximate surface area is 132 Å². The van der Waals surface area contributed by atoms with Crippen LogP contribution in [0.3, 0.4) is 0 Å². The number of halogens is 1. The molecule has 0 fully saturated rings. The average molecular weight is 313 g/mol. The maximum atomic E-state index is 10.9. The molecule has 0 aliphatic rings. The lowest BCUT2D eigenvalue weighted by Crippen LogP contribution is -1.97. The van der Waals surface area contributed by atoms with Gasteiger partial charge in [0.25, 0.3) is 0 Å². The van der Waals surface area contributed by atoms with Gasteiger partial charge in [-0.15, -0.1) is 0 Å². The molecular formula is C17H13ClN2O2. The number of rotatable bonds is 3. The monoisotopic (exact) mass is 312 g/mol. The summed E-state index contributed by atoms with van der Waals surface area (Å²) >= 11 is 6.21. The SMILES string of the molecule is Nc1cn(-c2ccc(C(=O)O)cc2)cc1-c1ccccc1Cl. The van der Waals surface area contributed by atoms with Gasteiger partial charge in [0.15, 0.2) is 0 Å². The van der Waals surface area contributed by atoms with Crippen LogP contribution in [-0.4, -0.2) is 15.6 Å². The number of carboxylic acid groups (broad SMARTS) is 1. The normalized spacial score (nSPS) is 10.6. The van der Waals surface area contributed by atoms with Gasteiger partial charge in [0, 0.05) is 34.2 Å². The van der Waals surface area contributed by atoms with Crippen LogP contribution in [0, 0.1) is 0 Å². The van der Waals surface area contributed by atoms with E-state index in [4.69, 9.17) is 22.4 Å². The van der Waals surface area contributed by atoms with E-state index in [0.717, 1.165) is 16.8 Å². The highest BCUT2D eigenvalue weighted by Gasteiger charge is 2.11. The van der Waals surface area contributed by atoms with Crippen molar-refractivity contribution in [1.29, 1.82) is 0 Å². The summed E-state index contributed by atoms with van der Waals surface area (Å²) in [5.41, 5.74) is 9.47. The molecule has 3 rings (SSSR count). The van der Waals surface area contributed by atoms with E-state index < -0.39 is 5.97 Å². The molecule has 0 atom stereocenters. The summed E-state index contributed by atoms with van der Waals surface area (Å²) in [7, 11) is 0. The minimum Gasteiger partial charge on any atom is -0.478 e. The molecule has 0 radical (unpaired) electrons. The van der Waals surface area contributed by atoms with Gasteiger partial charge in [-0.1, -0.05) is 29.8 Å². The van der Waals surface area contributed by atoms with Gasteiger partial charge in [0.2, 0.25) is 0 Å². The lowest BCUT2D eigenvalue weighted by molar-refractivity contribution is 0.0697. The van der Waals surface area contributed by atoms with Gasteiger partial charge in [-0.3, -0.25) is 0 Å². The molecule has 110 valence electrons. The first-order valence-electron chi connectivity index (χ1n) is 6.62. The predicted molar refractivity (Wildman–Crippen MR) is 87.6 cm³/mol. The predicted octanol–water partition coefficient (Wildman–Crippen LogP) is 4.08. The second-order valence-electron chi connectivity index (χ2n) is 4.87. The zero-order valence-electron chi connectivity index (χ0n) is 11.5. The molecule has 0 amide bonds. The summed E-state index contributed by atoms with van der Waals surface area (Å²) in [6.07, 6.45) is 3.67. The van der Waals surface area contributed by atoms with Crippen LogP contribution in [0.1, 0.15) is 10.4 Å². The van der Waals surface area contributed by atoms with Crippen molar-refractivity contribution in [3.63, 3.8) is 0 Å². The van der Waals surface area contributed by atoms with Gasteiger partial charge < -0.3 is 15.4 Å². The number of aromatic nitrogens is 1. The molecule has 0 saturated carbocycles. The number of benzene rings is 2. The number of nitrogens with zero attached hydrogens (tertiary/aromatic N) is 1. The standard InChI is InChI=1S/C17H13ClN2O2/c18-15-4-2-1-3-13(15)14-9-20(10-16(14)19)12-7-5-11(6-8-12)17(21)22/h1-10H,19H2,(H,21,22). The molecule has 0 aliphatic heterocycles. The number of hydrogen-bond acceptors (Lipinski definition) is 2. The van der Waals surface area contributed by atoms with Crippen LogP contribution in [0.5, 0.6) is 0 Å². The molecule has 3 N–H and O–H groups in total. The first kappa shape index (κ1) is 14.2. The minimum absolute atomic E-state index is 0.246. The molecule has 0 aliphatic carbocycles. The van der Waals surface area contributed by atoms with Crippen molar-refractivity contribution in [2.75, 3.05) is 5.73 Å². The largest absolute Gasteiger partial charge is 0.478 e. The Balaban J connectivity index is 2.02. The molecule has 0 saturated heterocycles. The van der Waals surface area contributed by atoms with Gasteiger partial charge in [0.1, 0.15) is 0 Å². The second kappa shape index (κ2) is 5.58. The van der Waals surface area contributed by atoms with Crippen molar-refractivity contribution in [3.8, 4) is 16.8 Å². The van der Waals surface area contributed by atoms with E-state index in [9.17, 15) is 4.79 Å². The van der Waals surface area contributed by atoms with E-state index >= 15 is 0 Å². The van der Waals surface area contributed by atoms with Crippen LogP contribution in [0.25, 0.3) is 16.8 Å². The van der Waals surface area contributed by atoms with Crippen LogP contribution >= 0.6 is 11.6 Å². The highest BCUT2D eigenvalue weighted by molar-refractivity contribution is 6.33. The summed E-state index contributed by atoms with van der Waals surface area (Å²) in [5, 5.41) is 9.56. The quantitative estimate of drug-likeness (QED) is 0.765. The molecule has 2 aromatic carbocycles. The zero-order valence-corrected chi connectivity index (χ0v) is 12.3. The maximum Gasteiger partial charge on any atom is 0.335 e. The van der Waals surface area contributed by atoms with Gasteiger partial charge in [-0.25, -0.2) is 4.79 Å². The Morgan fingerprint density at radius 1 is 1.00 bits per heavy atom. The Bertz CT molecular complexity index is 838. The van der Waals surface area contributed by atoms with Crippen molar-refractivity contribution in [1.82, 2.24) is 4.57 Å². The number of nitrogens with two attached hydrogens (primary N) is 1. The molecule has 4 nitrogen and oxygen atoms in total. The van der Waals surface area contributed by atoms with Crippen molar-refractivity contribution in [2.45, 2.75) is 0 Å². The van der Waals surface area contributed by atoms with E-state index in [-0.39, 0.29) is 5.56 Å². The highest BCUT2D eigenvalue weighted by Crippen LogP contribution is 2.33. The molecule has 0 unspecified atom stereocenters. The van der Waals surface area contributed by atoms with Gasteiger partial charge >= 0.3 is 5.97 Å². The van der Waals surface area contributed by atoms with Crippen molar-refractivity contribution < 1.29 is 9.90 Å². The summed E-state index contributed by atoms with van der Waals surface area (Å²) in [6, 6.07) is 14.1. The Morgan fingerprint density at radius 2 is 1.68 bits per heavy atom. The molecule has 1 heterocycles. The Kier molecular flexibility index (Phi) is 3.61. The fraction of sp³-hybridized carbons (Fsp3) is 0. The number of anilines is 1. The number of carbonyl (C=O) groups is 1. The topological polar surface area (TPSA) is 68.2 Å². The summed E-state index contributed by atoms with van der Waals surface area (Å²) < 4.78 is 1.85. The third-order valence-corrected chi connectivity index (χ3v) is 3.76. The molecule has 22 heavy (non-hydrogen) atoms.